The lowest BCUT2D eigenvalue weighted by molar-refractivity contribution is -0.129. The van der Waals surface area contributed by atoms with Crippen LogP contribution in [0.15, 0.2) is 48.6 Å². The third-order valence-corrected chi connectivity index (χ3v) is 3.19. The predicted molar refractivity (Wildman–Crippen MR) is 87.4 cm³/mol. The maximum atomic E-state index is 13.1. The van der Waals surface area contributed by atoms with E-state index in [4.69, 9.17) is 9.47 Å². The van der Waals surface area contributed by atoms with Gasteiger partial charge in [0, 0.05) is 18.2 Å². The largest absolute Gasteiger partial charge is 0.423 e. The van der Waals surface area contributed by atoms with E-state index in [9.17, 15) is 22.8 Å². The zero-order valence-corrected chi connectivity index (χ0v) is 13.8. The molecule has 0 amide bonds. The Bertz CT molecular complexity index is 806. The number of carbonyl (C=O) groups is 2. The maximum absolute atomic E-state index is 13.1. The minimum atomic E-state index is -1.65. The van der Waals surface area contributed by atoms with Crippen molar-refractivity contribution in [3.05, 3.63) is 71.6 Å². The van der Waals surface area contributed by atoms with Crippen molar-refractivity contribution in [3.8, 4) is 11.5 Å². The summed E-state index contributed by atoms with van der Waals surface area (Å²) in [6, 6.07) is 6.50. The fourth-order valence-electron chi connectivity index (χ4n) is 1.91. The lowest BCUT2D eigenvalue weighted by atomic mass is 10.2. The molecule has 0 aliphatic heterocycles. The topological polar surface area (TPSA) is 52.6 Å². The second-order valence-electron chi connectivity index (χ2n) is 5.23. The van der Waals surface area contributed by atoms with E-state index in [1.807, 2.05) is 6.92 Å². The van der Waals surface area contributed by atoms with Gasteiger partial charge in [0.1, 0.15) is 11.5 Å². The van der Waals surface area contributed by atoms with E-state index in [0.29, 0.717) is 12.1 Å². The van der Waals surface area contributed by atoms with Gasteiger partial charge in [0.25, 0.3) is 0 Å². The molecular weight excluding hydrogens is 349 g/mol. The first-order chi connectivity index (χ1) is 12.4. The Morgan fingerprint density at radius 2 is 1.58 bits per heavy atom. The van der Waals surface area contributed by atoms with Crippen LogP contribution in [0, 0.1) is 17.5 Å². The third kappa shape index (κ3) is 5.20. The van der Waals surface area contributed by atoms with Gasteiger partial charge >= 0.3 is 11.9 Å². The standard InChI is InChI=1S/C19H15F3O4/c1-2-3-4-5-17(23)25-13-8-6-12(7-9-13)19(24)26-14-10-15(20)18(22)16(21)11-14/h4-11H,2-3H2,1H3/b5-4+. The molecule has 4 nitrogen and oxygen atoms in total. The molecule has 0 fully saturated rings. The van der Waals surface area contributed by atoms with Gasteiger partial charge < -0.3 is 9.47 Å². The van der Waals surface area contributed by atoms with Crippen LogP contribution in [0.3, 0.4) is 0 Å². The summed E-state index contributed by atoms with van der Waals surface area (Å²) in [5.74, 6) is -6.29. The van der Waals surface area contributed by atoms with Crippen molar-refractivity contribution in [2.24, 2.45) is 0 Å². The number of halogens is 3. The summed E-state index contributed by atoms with van der Waals surface area (Å²) in [4.78, 5) is 23.5. The van der Waals surface area contributed by atoms with E-state index < -0.39 is 35.1 Å². The van der Waals surface area contributed by atoms with Crippen molar-refractivity contribution in [2.45, 2.75) is 19.8 Å². The van der Waals surface area contributed by atoms with Gasteiger partial charge in [-0.05, 0) is 30.7 Å². The Labute approximate surface area is 147 Å². The second-order valence-corrected chi connectivity index (χ2v) is 5.23. The van der Waals surface area contributed by atoms with Gasteiger partial charge in [-0.2, -0.15) is 0 Å². The Kier molecular flexibility index (Phi) is 6.54. The predicted octanol–water partition coefficient (Wildman–Crippen LogP) is 4.58. The molecule has 7 heteroatoms. The van der Waals surface area contributed by atoms with Crippen LogP contribution in [0.1, 0.15) is 30.1 Å². The quantitative estimate of drug-likeness (QED) is 0.326. The molecule has 0 saturated carbocycles. The van der Waals surface area contributed by atoms with Crippen LogP contribution >= 0.6 is 0 Å². The van der Waals surface area contributed by atoms with Gasteiger partial charge in [0.05, 0.1) is 5.56 Å². The molecule has 0 N–H and O–H groups in total. The molecule has 0 aromatic heterocycles. The first kappa shape index (κ1) is 19.2. The summed E-state index contributed by atoms with van der Waals surface area (Å²) in [5, 5.41) is 0. The van der Waals surface area contributed by atoms with Crippen LogP contribution < -0.4 is 9.47 Å². The summed E-state index contributed by atoms with van der Waals surface area (Å²) < 4.78 is 49.0. The van der Waals surface area contributed by atoms with Crippen molar-refractivity contribution in [3.63, 3.8) is 0 Å². The molecule has 0 heterocycles. The number of esters is 2. The second kappa shape index (κ2) is 8.84. The molecule has 0 atom stereocenters. The van der Waals surface area contributed by atoms with Crippen LogP contribution in [0.2, 0.25) is 0 Å². The fourth-order valence-corrected chi connectivity index (χ4v) is 1.91. The minimum Gasteiger partial charge on any atom is -0.423 e. The Morgan fingerprint density at radius 3 is 2.15 bits per heavy atom. The van der Waals surface area contributed by atoms with E-state index in [2.05, 4.69) is 0 Å². The van der Waals surface area contributed by atoms with Gasteiger partial charge in [0.2, 0.25) is 0 Å². The zero-order valence-electron chi connectivity index (χ0n) is 13.8. The summed E-state index contributed by atoms with van der Waals surface area (Å²) in [7, 11) is 0. The van der Waals surface area contributed by atoms with Gasteiger partial charge in [-0.15, -0.1) is 0 Å². The molecule has 2 aromatic carbocycles. The van der Waals surface area contributed by atoms with Crippen LogP contribution in [0.25, 0.3) is 0 Å². The normalized spacial score (nSPS) is 10.8. The summed E-state index contributed by atoms with van der Waals surface area (Å²) in [6.45, 7) is 1.97. The van der Waals surface area contributed by atoms with Gasteiger partial charge in [-0.25, -0.2) is 22.8 Å². The van der Waals surface area contributed by atoms with Crippen molar-refractivity contribution >= 4 is 11.9 Å². The number of benzene rings is 2. The first-order valence-electron chi connectivity index (χ1n) is 7.76. The molecule has 2 aromatic rings. The Hall–Kier alpha value is -3.09. The number of rotatable bonds is 6. The Morgan fingerprint density at radius 1 is 0.962 bits per heavy atom. The van der Waals surface area contributed by atoms with E-state index in [-0.39, 0.29) is 11.3 Å². The van der Waals surface area contributed by atoms with Crippen LogP contribution in [0.4, 0.5) is 13.2 Å². The SMILES string of the molecule is CCC/C=C/C(=O)Oc1ccc(C(=O)Oc2cc(F)c(F)c(F)c2)cc1. The minimum absolute atomic E-state index is 0.0523. The molecule has 26 heavy (non-hydrogen) atoms. The van der Waals surface area contributed by atoms with E-state index in [1.165, 1.54) is 30.3 Å². The lowest BCUT2D eigenvalue weighted by Gasteiger charge is -2.06. The molecule has 0 unspecified atom stereocenters. The fraction of sp³-hybridized carbons (Fsp3) is 0.158. The molecule has 136 valence electrons. The zero-order chi connectivity index (χ0) is 19.1. The average Bonchev–Trinajstić information content (AvgIpc) is 2.60. The molecule has 0 radical (unpaired) electrons. The van der Waals surface area contributed by atoms with Crippen molar-refractivity contribution < 1.29 is 32.2 Å². The van der Waals surface area contributed by atoms with Gasteiger partial charge in [-0.1, -0.05) is 19.4 Å². The molecule has 0 aliphatic carbocycles. The molecule has 0 saturated heterocycles. The molecule has 0 bridgehead atoms. The molecule has 2 rings (SSSR count). The highest BCUT2D eigenvalue weighted by molar-refractivity contribution is 5.91. The number of ether oxygens (including phenoxy) is 2. The number of unbranched alkanes of at least 4 members (excludes halogenated alkanes) is 1. The number of carbonyl (C=O) groups excluding carboxylic acids is 2. The highest BCUT2D eigenvalue weighted by Gasteiger charge is 2.15. The van der Waals surface area contributed by atoms with Crippen LogP contribution in [0.5, 0.6) is 11.5 Å². The van der Waals surface area contributed by atoms with Crippen molar-refractivity contribution in [2.75, 3.05) is 0 Å². The third-order valence-electron chi connectivity index (χ3n) is 3.19. The summed E-state index contributed by atoms with van der Waals surface area (Å²) in [6.07, 6.45) is 4.66. The van der Waals surface area contributed by atoms with E-state index >= 15 is 0 Å². The highest BCUT2D eigenvalue weighted by atomic mass is 19.2. The van der Waals surface area contributed by atoms with Gasteiger partial charge in [-0.3, -0.25) is 0 Å². The summed E-state index contributed by atoms with van der Waals surface area (Å²) in [5.41, 5.74) is 0.0523. The van der Waals surface area contributed by atoms with Crippen LogP contribution in [-0.4, -0.2) is 11.9 Å². The smallest absolute Gasteiger partial charge is 0.343 e. The first-order valence-corrected chi connectivity index (χ1v) is 7.76. The van der Waals surface area contributed by atoms with Crippen molar-refractivity contribution in [1.29, 1.82) is 0 Å². The number of hydrogen-bond acceptors (Lipinski definition) is 4. The van der Waals surface area contributed by atoms with Crippen LogP contribution in [-0.2, 0) is 4.79 Å². The lowest BCUT2D eigenvalue weighted by Crippen LogP contribution is -2.10. The van der Waals surface area contributed by atoms with Crippen molar-refractivity contribution in [1.82, 2.24) is 0 Å². The average molecular weight is 364 g/mol. The molecule has 0 aliphatic rings. The number of allylic oxidation sites excluding steroid dienone is 1. The summed E-state index contributed by atoms with van der Waals surface area (Å²) >= 11 is 0. The van der Waals surface area contributed by atoms with Gasteiger partial charge in [0.15, 0.2) is 17.5 Å². The monoisotopic (exact) mass is 364 g/mol. The molecular formula is C19H15F3O4. The van der Waals surface area contributed by atoms with E-state index in [1.54, 1.807) is 6.08 Å². The Balaban J connectivity index is 2.01. The molecule has 0 spiro atoms. The number of hydrogen-bond donors (Lipinski definition) is 0. The maximum Gasteiger partial charge on any atom is 0.343 e. The van der Waals surface area contributed by atoms with E-state index in [0.717, 1.165) is 12.8 Å². The highest BCUT2D eigenvalue weighted by Crippen LogP contribution is 2.21.